The first-order chi connectivity index (χ1) is 12.1. The van der Waals surface area contributed by atoms with Gasteiger partial charge < -0.3 is 15.8 Å². The number of halogens is 1. The Hall–Kier alpha value is -1.88. The van der Waals surface area contributed by atoms with Crippen molar-refractivity contribution in [3.05, 3.63) is 59.1 Å². The lowest BCUT2D eigenvalue weighted by atomic mass is 9.95. The van der Waals surface area contributed by atoms with Crippen molar-refractivity contribution in [1.29, 1.82) is 0 Å². The smallest absolute Gasteiger partial charge is 0.249 e. The first-order valence-corrected chi connectivity index (χ1v) is 8.97. The number of carbonyl (C=O) groups excluding carboxylic acids is 1. The van der Waals surface area contributed by atoms with E-state index in [9.17, 15) is 4.79 Å². The van der Waals surface area contributed by atoms with Gasteiger partial charge in [0.05, 0.1) is 12.1 Å². The van der Waals surface area contributed by atoms with E-state index < -0.39 is 6.10 Å². The minimum absolute atomic E-state index is 0.00703. The van der Waals surface area contributed by atoms with Crippen LogP contribution in [0.5, 0.6) is 0 Å². The van der Waals surface area contributed by atoms with Gasteiger partial charge in [0.2, 0.25) is 5.91 Å². The molecular formula is C20H23ClN2O2. The van der Waals surface area contributed by atoms with E-state index in [0.29, 0.717) is 11.6 Å². The number of amides is 1. The molecule has 4 nitrogen and oxygen atoms in total. The Morgan fingerprint density at radius 3 is 2.64 bits per heavy atom. The van der Waals surface area contributed by atoms with Gasteiger partial charge in [-0.15, -0.1) is 0 Å². The summed E-state index contributed by atoms with van der Waals surface area (Å²) in [4.78, 5) is 12.5. The number of rotatable bonds is 5. The number of carbonyl (C=O) groups is 1. The Morgan fingerprint density at radius 1 is 1.24 bits per heavy atom. The van der Waals surface area contributed by atoms with Gasteiger partial charge in [0.1, 0.15) is 6.10 Å². The fraction of sp³-hybridized carbons (Fsp3) is 0.350. The van der Waals surface area contributed by atoms with E-state index in [1.165, 1.54) is 0 Å². The van der Waals surface area contributed by atoms with Gasteiger partial charge in [-0.05, 0) is 48.6 Å². The molecule has 0 aliphatic carbocycles. The standard InChI is InChI=1S/C20H23ClN2O2/c1-13(23-20(24)19-11-10-16(12-22)25-19)17-4-2-3-5-18(17)14-6-8-15(21)9-7-14/h2-9,13,16,19H,10-12,22H2,1H3,(H,23,24)/t13?,16-,19+/m1/s1. The minimum atomic E-state index is -0.404. The van der Waals surface area contributed by atoms with Crippen molar-refractivity contribution in [2.24, 2.45) is 5.73 Å². The van der Waals surface area contributed by atoms with Gasteiger partial charge >= 0.3 is 0 Å². The van der Waals surface area contributed by atoms with E-state index in [0.717, 1.165) is 29.5 Å². The first-order valence-electron chi connectivity index (χ1n) is 8.59. The van der Waals surface area contributed by atoms with Gasteiger partial charge in [0.15, 0.2) is 0 Å². The fourth-order valence-electron chi connectivity index (χ4n) is 3.22. The molecule has 2 aromatic carbocycles. The van der Waals surface area contributed by atoms with Crippen LogP contribution in [0, 0.1) is 0 Å². The van der Waals surface area contributed by atoms with Crippen LogP contribution in [0.2, 0.25) is 5.02 Å². The second-order valence-electron chi connectivity index (χ2n) is 6.38. The monoisotopic (exact) mass is 358 g/mol. The number of hydrogen-bond acceptors (Lipinski definition) is 3. The lowest BCUT2D eigenvalue weighted by molar-refractivity contribution is -0.132. The van der Waals surface area contributed by atoms with E-state index in [4.69, 9.17) is 22.1 Å². The summed E-state index contributed by atoms with van der Waals surface area (Å²) in [7, 11) is 0. The highest BCUT2D eigenvalue weighted by Gasteiger charge is 2.30. The summed E-state index contributed by atoms with van der Waals surface area (Å²) in [6, 6.07) is 15.7. The van der Waals surface area contributed by atoms with E-state index in [1.807, 2.05) is 49.4 Å². The van der Waals surface area contributed by atoms with Crippen LogP contribution in [-0.4, -0.2) is 24.7 Å². The molecule has 0 radical (unpaired) electrons. The highest BCUT2D eigenvalue weighted by molar-refractivity contribution is 6.30. The molecule has 1 fully saturated rings. The largest absolute Gasteiger partial charge is 0.364 e. The molecule has 1 amide bonds. The molecule has 1 aliphatic rings. The number of benzene rings is 2. The van der Waals surface area contributed by atoms with E-state index in [1.54, 1.807) is 0 Å². The van der Waals surface area contributed by atoms with Crippen LogP contribution in [0.1, 0.15) is 31.4 Å². The molecule has 2 aromatic rings. The third kappa shape index (κ3) is 4.21. The summed E-state index contributed by atoms with van der Waals surface area (Å²) in [5, 5.41) is 3.78. The summed E-state index contributed by atoms with van der Waals surface area (Å²) >= 11 is 5.99. The zero-order chi connectivity index (χ0) is 17.8. The zero-order valence-electron chi connectivity index (χ0n) is 14.2. The van der Waals surface area contributed by atoms with Gasteiger partial charge in [0.25, 0.3) is 0 Å². The predicted molar refractivity (Wildman–Crippen MR) is 100 cm³/mol. The van der Waals surface area contributed by atoms with Gasteiger partial charge in [0, 0.05) is 11.6 Å². The molecule has 1 aliphatic heterocycles. The topological polar surface area (TPSA) is 64.4 Å². The van der Waals surface area contributed by atoms with Crippen LogP contribution in [0.15, 0.2) is 48.5 Å². The van der Waals surface area contributed by atoms with Crippen LogP contribution in [0.3, 0.4) is 0 Å². The van der Waals surface area contributed by atoms with Gasteiger partial charge in [-0.1, -0.05) is 48.0 Å². The van der Waals surface area contributed by atoms with Crippen LogP contribution in [-0.2, 0) is 9.53 Å². The summed E-state index contributed by atoms with van der Waals surface area (Å²) in [5.74, 6) is -0.0747. The van der Waals surface area contributed by atoms with Gasteiger partial charge in [-0.3, -0.25) is 4.79 Å². The molecule has 1 heterocycles. The van der Waals surface area contributed by atoms with Crippen LogP contribution < -0.4 is 11.1 Å². The zero-order valence-corrected chi connectivity index (χ0v) is 15.0. The van der Waals surface area contributed by atoms with Crippen molar-refractivity contribution >= 4 is 17.5 Å². The third-order valence-corrected chi connectivity index (χ3v) is 4.86. The lowest BCUT2D eigenvalue weighted by Crippen LogP contribution is -2.37. The molecule has 132 valence electrons. The molecule has 25 heavy (non-hydrogen) atoms. The molecule has 3 atom stereocenters. The Bertz CT molecular complexity index is 733. The van der Waals surface area contributed by atoms with Crippen LogP contribution in [0.25, 0.3) is 11.1 Å². The van der Waals surface area contributed by atoms with Crippen molar-refractivity contribution in [1.82, 2.24) is 5.32 Å². The van der Waals surface area contributed by atoms with Gasteiger partial charge in [-0.2, -0.15) is 0 Å². The van der Waals surface area contributed by atoms with Crippen molar-refractivity contribution < 1.29 is 9.53 Å². The molecule has 0 spiro atoms. The molecule has 3 rings (SSSR count). The highest BCUT2D eigenvalue weighted by Crippen LogP contribution is 2.29. The number of ether oxygens (including phenoxy) is 1. The molecule has 5 heteroatoms. The van der Waals surface area contributed by atoms with Crippen LogP contribution in [0.4, 0.5) is 0 Å². The summed E-state index contributed by atoms with van der Waals surface area (Å²) in [6.45, 7) is 2.45. The molecule has 1 unspecified atom stereocenters. The van der Waals surface area contributed by atoms with Crippen molar-refractivity contribution in [3.63, 3.8) is 0 Å². The van der Waals surface area contributed by atoms with E-state index in [-0.39, 0.29) is 18.1 Å². The maximum atomic E-state index is 12.5. The second-order valence-corrected chi connectivity index (χ2v) is 6.82. The van der Waals surface area contributed by atoms with E-state index >= 15 is 0 Å². The lowest BCUT2D eigenvalue weighted by Gasteiger charge is -2.20. The van der Waals surface area contributed by atoms with Crippen molar-refractivity contribution in [3.8, 4) is 11.1 Å². The Labute approximate surface area is 153 Å². The average Bonchev–Trinajstić information content (AvgIpc) is 3.12. The minimum Gasteiger partial charge on any atom is -0.364 e. The molecule has 0 saturated carbocycles. The number of nitrogens with one attached hydrogen (secondary N) is 1. The van der Waals surface area contributed by atoms with Gasteiger partial charge in [-0.25, -0.2) is 0 Å². The first kappa shape index (κ1) is 17.9. The molecular weight excluding hydrogens is 336 g/mol. The molecule has 1 saturated heterocycles. The van der Waals surface area contributed by atoms with E-state index in [2.05, 4.69) is 11.4 Å². The Morgan fingerprint density at radius 2 is 1.96 bits per heavy atom. The molecule has 3 N–H and O–H groups in total. The maximum absolute atomic E-state index is 12.5. The Balaban J connectivity index is 1.75. The normalized spacial score (nSPS) is 21.1. The van der Waals surface area contributed by atoms with Crippen molar-refractivity contribution in [2.45, 2.75) is 38.0 Å². The third-order valence-electron chi connectivity index (χ3n) is 4.60. The average molecular weight is 359 g/mol. The second kappa shape index (κ2) is 8.00. The quantitative estimate of drug-likeness (QED) is 0.856. The number of nitrogens with two attached hydrogens (primary N) is 1. The predicted octanol–water partition coefficient (Wildman–Crippen LogP) is 3.69. The summed E-state index contributed by atoms with van der Waals surface area (Å²) in [6.07, 6.45) is 1.15. The maximum Gasteiger partial charge on any atom is 0.249 e. The van der Waals surface area contributed by atoms with Crippen LogP contribution >= 0.6 is 11.6 Å². The summed E-state index contributed by atoms with van der Waals surface area (Å²) < 4.78 is 5.69. The number of hydrogen-bond donors (Lipinski definition) is 2. The molecule has 0 aromatic heterocycles. The SMILES string of the molecule is CC(NC(=O)[C@@H]1CC[C@H](CN)O1)c1ccccc1-c1ccc(Cl)cc1. The van der Waals surface area contributed by atoms with Crippen molar-refractivity contribution in [2.75, 3.05) is 6.54 Å². The molecule has 0 bridgehead atoms. The highest BCUT2D eigenvalue weighted by atomic mass is 35.5. The Kier molecular flexibility index (Phi) is 5.74. The fourth-order valence-corrected chi connectivity index (χ4v) is 3.35. The summed E-state index contributed by atoms with van der Waals surface area (Å²) in [5.41, 5.74) is 8.83.